The van der Waals surface area contributed by atoms with E-state index in [-0.39, 0.29) is 0 Å². The number of hydrogen-bond donors (Lipinski definition) is 0. The lowest BCUT2D eigenvalue weighted by Gasteiger charge is -2.31. The van der Waals surface area contributed by atoms with Gasteiger partial charge in [0, 0.05) is 30.3 Å². The molecule has 0 N–H and O–H groups in total. The molecule has 2 rings (SSSR count). The Labute approximate surface area is 115 Å². The maximum atomic E-state index is 5.75. The number of likely N-dealkylation sites (tertiary alicyclic amines) is 1. The second-order valence-corrected chi connectivity index (χ2v) is 6.25. The molecule has 0 radical (unpaired) electrons. The van der Waals surface area contributed by atoms with Crippen LogP contribution < -0.4 is 0 Å². The predicted molar refractivity (Wildman–Crippen MR) is 74.9 cm³/mol. The van der Waals surface area contributed by atoms with Gasteiger partial charge in [-0.2, -0.15) is 0 Å². The van der Waals surface area contributed by atoms with Crippen LogP contribution in [0.1, 0.15) is 23.5 Å². The molecule has 96 valence electrons. The highest BCUT2D eigenvalue weighted by Crippen LogP contribution is 2.17. The van der Waals surface area contributed by atoms with Crippen LogP contribution in [0.15, 0.2) is 5.38 Å². The average Bonchev–Trinajstić information content (AvgIpc) is 2.74. The van der Waals surface area contributed by atoms with E-state index < -0.39 is 0 Å². The van der Waals surface area contributed by atoms with Gasteiger partial charge in [-0.3, -0.25) is 4.90 Å². The molecule has 0 aromatic carbocycles. The smallest absolute Gasteiger partial charge is 0.0897 e. The van der Waals surface area contributed by atoms with E-state index in [2.05, 4.69) is 38.1 Å². The summed E-state index contributed by atoms with van der Waals surface area (Å²) in [6, 6.07) is 0. The van der Waals surface area contributed by atoms with Gasteiger partial charge >= 0.3 is 0 Å². The molecule has 0 amide bonds. The largest absolute Gasteiger partial charge is 0.377 e. The second kappa shape index (κ2) is 6.83. The van der Waals surface area contributed by atoms with E-state index in [9.17, 15) is 0 Å². The standard InChI is InChI=1S/C12H19BrN2OS/c1-10-14-11(9-17-10)8-15-5-2-12(3-6-15)16-7-4-13/h9,12H,2-8H2,1H3. The van der Waals surface area contributed by atoms with E-state index in [1.165, 1.54) is 5.69 Å². The van der Waals surface area contributed by atoms with Crippen molar-refractivity contribution >= 4 is 27.3 Å². The number of aryl methyl sites for hydroxylation is 1. The first-order valence-corrected chi connectivity index (χ1v) is 8.09. The van der Waals surface area contributed by atoms with Crippen LogP contribution in [0.5, 0.6) is 0 Å². The zero-order valence-corrected chi connectivity index (χ0v) is 12.6. The maximum Gasteiger partial charge on any atom is 0.0897 e. The van der Waals surface area contributed by atoms with Crippen LogP contribution >= 0.6 is 27.3 Å². The summed E-state index contributed by atoms with van der Waals surface area (Å²) in [5.74, 6) is 0. The summed E-state index contributed by atoms with van der Waals surface area (Å²) in [6.07, 6.45) is 2.76. The first kappa shape index (κ1) is 13.5. The Morgan fingerprint density at radius 1 is 1.53 bits per heavy atom. The molecule has 0 spiro atoms. The van der Waals surface area contributed by atoms with Gasteiger partial charge < -0.3 is 4.74 Å². The van der Waals surface area contributed by atoms with Crippen molar-refractivity contribution in [3.8, 4) is 0 Å². The van der Waals surface area contributed by atoms with Crippen LogP contribution in [0.2, 0.25) is 0 Å². The SMILES string of the molecule is Cc1nc(CN2CCC(OCCBr)CC2)cs1. The first-order chi connectivity index (χ1) is 8.28. The van der Waals surface area contributed by atoms with Gasteiger partial charge in [0.1, 0.15) is 0 Å². The highest BCUT2D eigenvalue weighted by molar-refractivity contribution is 9.09. The van der Waals surface area contributed by atoms with Gasteiger partial charge in [-0.05, 0) is 19.8 Å². The molecule has 0 saturated carbocycles. The van der Waals surface area contributed by atoms with Crippen molar-refractivity contribution in [2.75, 3.05) is 25.0 Å². The maximum absolute atomic E-state index is 5.75. The molecule has 2 heterocycles. The quantitative estimate of drug-likeness (QED) is 0.781. The summed E-state index contributed by atoms with van der Waals surface area (Å²) in [5.41, 5.74) is 1.22. The number of piperidine rings is 1. The van der Waals surface area contributed by atoms with Crippen molar-refractivity contribution in [2.24, 2.45) is 0 Å². The van der Waals surface area contributed by atoms with Crippen LogP contribution in [0.25, 0.3) is 0 Å². The molecule has 0 unspecified atom stereocenters. The van der Waals surface area contributed by atoms with Crippen molar-refractivity contribution < 1.29 is 4.74 Å². The van der Waals surface area contributed by atoms with Crippen LogP contribution in [-0.2, 0) is 11.3 Å². The summed E-state index contributed by atoms with van der Waals surface area (Å²) >= 11 is 5.13. The topological polar surface area (TPSA) is 25.4 Å². The van der Waals surface area contributed by atoms with Crippen molar-refractivity contribution in [1.82, 2.24) is 9.88 Å². The fourth-order valence-electron chi connectivity index (χ4n) is 2.16. The summed E-state index contributed by atoms with van der Waals surface area (Å²) in [6.45, 7) is 6.15. The molecule has 1 aromatic rings. The van der Waals surface area contributed by atoms with Gasteiger partial charge in [0.15, 0.2) is 0 Å². The number of alkyl halides is 1. The highest BCUT2D eigenvalue weighted by atomic mass is 79.9. The third-order valence-corrected chi connectivity index (χ3v) is 4.16. The molecule has 17 heavy (non-hydrogen) atoms. The second-order valence-electron chi connectivity index (χ2n) is 4.39. The number of ether oxygens (including phenoxy) is 1. The van der Waals surface area contributed by atoms with Crippen LogP contribution in [-0.4, -0.2) is 41.0 Å². The van der Waals surface area contributed by atoms with E-state index in [1.807, 2.05) is 0 Å². The van der Waals surface area contributed by atoms with Crippen LogP contribution in [0.4, 0.5) is 0 Å². The molecule has 1 aliphatic rings. The Morgan fingerprint density at radius 2 is 2.29 bits per heavy atom. The number of aromatic nitrogens is 1. The van der Waals surface area contributed by atoms with E-state index in [0.717, 1.165) is 49.4 Å². The third kappa shape index (κ3) is 4.32. The minimum absolute atomic E-state index is 0.459. The number of nitrogens with zero attached hydrogens (tertiary/aromatic N) is 2. The lowest BCUT2D eigenvalue weighted by molar-refractivity contribution is 0.0139. The Bertz CT molecular complexity index is 337. The molecule has 0 atom stereocenters. The van der Waals surface area contributed by atoms with Gasteiger partial charge in [-0.25, -0.2) is 4.98 Å². The Balaban J connectivity index is 1.72. The summed E-state index contributed by atoms with van der Waals surface area (Å²) in [5, 5.41) is 4.27. The molecule has 1 fully saturated rings. The monoisotopic (exact) mass is 318 g/mol. The lowest BCUT2D eigenvalue weighted by Crippen LogP contribution is -2.36. The normalized spacial score (nSPS) is 18.7. The van der Waals surface area contributed by atoms with Gasteiger partial charge in [0.25, 0.3) is 0 Å². The fraction of sp³-hybridized carbons (Fsp3) is 0.750. The van der Waals surface area contributed by atoms with E-state index in [0.29, 0.717) is 6.10 Å². The molecule has 5 heteroatoms. The molecule has 3 nitrogen and oxygen atoms in total. The zero-order chi connectivity index (χ0) is 12.1. The van der Waals surface area contributed by atoms with Crippen molar-refractivity contribution in [3.63, 3.8) is 0 Å². The van der Waals surface area contributed by atoms with Crippen LogP contribution in [0.3, 0.4) is 0 Å². The summed E-state index contributed by atoms with van der Waals surface area (Å²) in [7, 11) is 0. The predicted octanol–water partition coefficient (Wildman–Crippen LogP) is 2.83. The van der Waals surface area contributed by atoms with Crippen molar-refractivity contribution in [2.45, 2.75) is 32.4 Å². The molecule has 0 bridgehead atoms. The molecule has 1 aliphatic heterocycles. The van der Waals surface area contributed by atoms with Crippen molar-refractivity contribution in [1.29, 1.82) is 0 Å². The molecular weight excluding hydrogens is 300 g/mol. The van der Waals surface area contributed by atoms with Gasteiger partial charge in [0.05, 0.1) is 23.4 Å². The number of rotatable bonds is 5. The average molecular weight is 319 g/mol. The zero-order valence-electron chi connectivity index (χ0n) is 10.2. The Morgan fingerprint density at radius 3 is 2.88 bits per heavy atom. The summed E-state index contributed by atoms with van der Waals surface area (Å²) in [4.78, 5) is 6.99. The number of hydrogen-bond acceptors (Lipinski definition) is 4. The lowest BCUT2D eigenvalue weighted by atomic mass is 10.1. The van der Waals surface area contributed by atoms with E-state index >= 15 is 0 Å². The Hall–Kier alpha value is 0.0300. The van der Waals surface area contributed by atoms with E-state index in [4.69, 9.17) is 4.74 Å². The van der Waals surface area contributed by atoms with Gasteiger partial charge in [-0.1, -0.05) is 15.9 Å². The molecule has 1 aromatic heterocycles. The minimum atomic E-state index is 0.459. The third-order valence-electron chi connectivity index (χ3n) is 3.02. The minimum Gasteiger partial charge on any atom is -0.377 e. The number of thiazole rings is 1. The number of halogens is 1. The molecule has 1 saturated heterocycles. The molecular formula is C12H19BrN2OS. The fourth-order valence-corrected chi connectivity index (χ4v) is 2.95. The Kier molecular flexibility index (Phi) is 5.41. The van der Waals surface area contributed by atoms with E-state index in [1.54, 1.807) is 11.3 Å². The van der Waals surface area contributed by atoms with Gasteiger partial charge in [0.2, 0.25) is 0 Å². The highest BCUT2D eigenvalue weighted by Gasteiger charge is 2.19. The molecule has 0 aliphatic carbocycles. The van der Waals surface area contributed by atoms with Gasteiger partial charge in [-0.15, -0.1) is 11.3 Å². The first-order valence-electron chi connectivity index (χ1n) is 6.09. The summed E-state index contributed by atoms with van der Waals surface area (Å²) < 4.78 is 5.75. The van der Waals surface area contributed by atoms with Crippen molar-refractivity contribution in [3.05, 3.63) is 16.1 Å². The van der Waals surface area contributed by atoms with Crippen LogP contribution in [0, 0.1) is 6.92 Å².